The van der Waals surface area contributed by atoms with E-state index < -0.39 is 12.6 Å². The van der Waals surface area contributed by atoms with Crippen molar-refractivity contribution in [1.82, 2.24) is 9.97 Å². The van der Waals surface area contributed by atoms with Crippen LogP contribution in [0, 0.1) is 0 Å². The summed E-state index contributed by atoms with van der Waals surface area (Å²) in [5, 5.41) is 2.89. The van der Waals surface area contributed by atoms with Crippen LogP contribution in [0.3, 0.4) is 0 Å². The van der Waals surface area contributed by atoms with E-state index in [1.54, 1.807) is 6.07 Å². The predicted octanol–water partition coefficient (Wildman–Crippen LogP) is 1.91. The first-order valence-corrected chi connectivity index (χ1v) is 5.11. The van der Waals surface area contributed by atoms with Gasteiger partial charge in [0.2, 0.25) is 5.95 Å². The largest absolute Gasteiger partial charge is 0.389 e. The number of rotatable bonds is 6. The molecule has 17 heavy (non-hydrogen) atoms. The average Bonchev–Trinajstić information content (AvgIpc) is 2.27. The molecule has 5 nitrogen and oxygen atoms in total. The first-order chi connectivity index (χ1) is 8.01. The van der Waals surface area contributed by atoms with E-state index in [-0.39, 0.29) is 12.4 Å². The van der Waals surface area contributed by atoms with Crippen LogP contribution in [0.1, 0.15) is 19.3 Å². The van der Waals surface area contributed by atoms with Crippen LogP contribution in [-0.2, 0) is 0 Å². The summed E-state index contributed by atoms with van der Waals surface area (Å²) < 4.78 is 35.5. The topological polar surface area (TPSA) is 75.9 Å². The number of nitrogens with two attached hydrogens (primary N) is 1. The lowest BCUT2D eigenvalue weighted by Gasteiger charge is -2.07. The number of unbranched alkanes of at least 4 members (excludes halogenated alkanes) is 1. The Morgan fingerprint density at radius 2 is 2.06 bits per heavy atom. The first-order valence-electron chi connectivity index (χ1n) is 5.11. The second-order valence-electron chi connectivity index (χ2n) is 3.41. The third-order valence-corrected chi connectivity index (χ3v) is 1.98. The van der Waals surface area contributed by atoms with Gasteiger partial charge in [-0.25, -0.2) is 10.8 Å². The number of halogens is 3. The van der Waals surface area contributed by atoms with Gasteiger partial charge in [0.25, 0.3) is 0 Å². The van der Waals surface area contributed by atoms with Gasteiger partial charge in [-0.2, -0.15) is 18.2 Å². The van der Waals surface area contributed by atoms with Crippen molar-refractivity contribution in [3.8, 4) is 0 Å². The van der Waals surface area contributed by atoms with Gasteiger partial charge in [-0.3, -0.25) is 5.43 Å². The Balaban J connectivity index is 2.22. The molecule has 0 aliphatic rings. The zero-order valence-electron chi connectivity index (χ0n) is 9.09. The normalized spacial score (nSPS) is 11.3. The number of hydrogen-bond donors (Lipinski definition) is 3. The van der Waals surface area contributed by atoms with Crippen molar-refractivity contribution in [3.05, 3.63) is 12.3 Å². The second-order valence-corrected chi connectivity index (χ2v) is 3.41. The fraction of sp³-hybridized carbons (Fsp3) is 0.556. The first kappa shape index (κ1) is 13.5. The molecule has 0 bridgehead atoms. The van der Waals surface area contributed by atoms with E-state index in [1.807, 2.05) is 0 Å². The molecule has 0 aliphatic heterocycles. The van der Waals surface area contributed by atoms with Crippen LogP contribution in [0.15, 0.2) is 12.3 Å². The Morgan fingerprint density at radius 1 is 1.29 bits per heavy atom. The fourth-order valence-electron chi connectivity index (χ4n) is 1.19. The molecule has 0 unspecified atom stereocenters. The minimum atomic E-state index is -4.08. The van der Waals surface area contributed by atoms with Crippen LogP contribution >= 0.6 is 0 Å². The van der Waals surface area contributed by atoms with Gasteiger partial charge < -0.3 is 5.32 Å². The Morgan fingerprint density at radius 3 is 2.71 bits per heavy atom. The van der Waals surface area contributed by atoms with Crippen molar-refractivity contribution in [1.29, 1.82) is 0 Å². The molecular weight excluding hydrogens is 235 g/mol. The molecule has 0 atom stereocenters. The molecule has 1 rings (SSSR count). The molecule has 0 aromatic carbocycles. The van der Waals surface area contributed by atoms with Gasteiger partial charge in [0.1, 0.15) is 5.82 Å². The molecule has 0 aliphatic carbocycles. The third kappa shape index (κ3) is 5.91. The van der Waals surface area contributed by atoms with Gasteiger partial charge in [0, 0.05) is 19.2 Å². The summed E-state index contributed by atoms with van der Waals surface area (Å²) >= 11 is 0. The molecule has 1 aromatic heterocycles. The SMILES string of the molecule is NNc1nccc(NCCCCC(F)(F)F)n1. The summed E-state index contributed by atoms with van der Waals surface area (Å²) in [4.78, 5) is 7.76. The average molecular weight is 249 g/mol. The van der Waals surface area contributed by atoms with Gasteiger partial charge in [-0.05, 0) is 18.9 Å². The molecule has 1 aromatic rings. The van der Waals surface area contributed by atoms with E-state index in [0.29, 0.717) is 18.8 Å². The van der Waals surface area contributed by atoms with E-state index in [4.69, 9.17) is 5.84 Å². The van der Waals surface area contributed by atoms with Crippen LogP contribution in [0.5, 0.6) is 0 Å². The third-order valence-electron chi connectivity index (χ3n) is 1.98. The van der Waals surface area contributed by atoms with E-state index in [0.717, 1.165) is 0 Å². The molecule has 96 valence electrons. The van der Waals surface area contributed by atoms with Gasteiger partial charge >= 0.3 is 6.18 Å². The van der Waals surface area contributed by atoms with Gasteiger partial charge in [0.05, 0.1) is 0 Å². The smallest absolute Gasteiger partial charge is 0.370 e. The minimum absolute atomic E-state index is 0.101. The van der Waals surface area contributed by atoms with E-state index in [9.17, 15) is 13.2 Å². The molecule has 0 fully saturated rings. The number of nitrogens with one attached hydrogen (secondary N) is 2. The summed E-state index contributed by atoms with van der Waals surface area (Å²) in [6.07, 6.45) is -2.81. The molecule has 1 heterocycles. The number of nitrogens with zero attached hydrogens (tertiary/aromatic N) is 2. The number of nitrogen functional groups attached to an aromatic ring is 1. The lowest BCUT2D eigenvalue weighted by molar-refractivity contribution is -0.135. The molecule has 0 amide bonds. The summed E-state index contributed by atoms with van der Waals surface area (Å²) in [7, 11) is 0. The Hall–Kier alpha value is -1.57. The summed E-state index contributed by atoms with van der Waals surface area (Å²) in [5.74, 6) is 5.90. The van der Waals surface area contributed by atoms with Crippen LogP contribution in [-0.4, -0.2) is 22.7 Å². The standard InChI is InChI=1S/C9H14F3N5/c10-9(11,12)4-1-2-5-14-7-3-6-15-8(16-7)17-13/h3,6H,1-2,4-5,13H2,(H2,14,15,16,17). The summed E-state index contributed by atoms with van der Waals surface area (Å²) in [5.41, 5.74) is 2.28. The van der Waals surface area contributed by atoms with Crippen molar-refractivity contribution in [2.45, 2.75) is 25.4 Å². The lowest BCUT2D eigenvalue weighted by Crippen LogP contribution is -2.12. The number of aromatic nitrogens is 2. The summed E-state index contributed by atoms with van der Waals surface area (Å²) in [6.45, 7) is 0.428. The highest BCUT2D eigenvalue weighted by atomic mass is 19.4. The van der Waals surface area contributed by atoms with Gasteiger partial charge in [-0.1, -0.05) is 0 Å². The van der Waals surface area contributed by atoms with E-state index >= 15 is 0 Å². The highest BCUT2D eigenvalue weighted by Gasteiger charge is 2.25. The molecule has 0 saturated heterocycles. The van der Waals surface area contributed by atoms with Gasteiger partial charge in [0.15, 0.2) is 0 Å². The number of anilines is 2. The zero-order valence-corrected chi connectivity index (χ0v) is 9.09. The number of hydrazine groups is 1. The minimum Gasteiger partial charge on any atom is -0.370 e. The monoisotopic (exact) mass is 249 g/mol. The maximum atomic E-state index is 11.8. The highest BCUT2D eigenvalue weighted by molar-refractivity contribution is 5.38. The summed E-state index contributed by atoms with van der Waals surface area (Å²) in [6, 6.07) is 1.62. The predicted molar refractivity (Wildman–Crippen MR) is 58.2 cm³/mol. The highest BCUT2D eigenvalue weighted by Crippen LogP contribution is 2.22. The molecule has 0 radical (unpaired) electrons. The second kappa shape index (κ2) is 6.24. The van der Waals surface area contributed by atoms with E-state index in [2.05, 4.69) is 20.7 Å². The van der Waals surface area contributed by atoms with Crippen LogP contribution in [0.2, 0.25) is 0 Å². The molecular formula is C9H14F3N5. The van der Waals surface area contributed by atoms with Crippen LogP contribution < -0.4 is 16.6 Å². The number of hydrogen-bond acceptors (Lipinski definition) is 5. The van der Waals surface area contributed by atoms with Crippen molar-refractivity contribution in [2.24, 2.45) is 5.84 Å². The van der Waals surface area contributed by atoms with Crippen molar-refractivity contribution >= 4 is 11.8 Å². The Labute approximate surface area is 96.6 Å². The molecule has 4 N–H and O–H groups in total. The number of alkyl halides is 3. The van der Waals surface area contributed by atoms with Crippen LogP contribution in [0.4, 0.5) is 24.9 Å². The lowest BCUT2D eigenvalue weighted by atomic mass is 10.2. The maximum absolute atomic E-state index is 11.8. The molecule has 0 spiro atoms. The van der Waals surface area contributed by atoms with Crippen molar-refractivity contribution < 1.29 is 13.2 Å². The fourth-order valence-corrected chi connectivity index (χ4v) is 1.19. The van der Waals surface area contributed by atoms with Gasteiger partial charge in [-0.15, -0.1) is 0 Å². The van der Waals surface area contributed by atoms with Crippen molar-refractivity contribution in [2.75, 3.05) is 17.3 Å². The Kier molecular flexibility index (Phi) is 4.95. The maximum Gasteiger partial charge on any atom is 0.389 e. The van der Waals surface area contributed by atoms with E-state index in [1.165, 1.54) is 6.20 Å². The quantitative estimate of drug-likeness (QED) is 0.408. The Bertz CT molecular complexity index is 342. The molecule has 8 heteroatoms. The molecule has 0 saturated carbocycles. The zero-order chi connectivity index (χ0) is 12.7. The van der Waals surface area contributed by atoms with Crippen molar-refractivity contribution in [3.63, 3.8) is 0 Å². The van der Waals surface area contributed by atoms with Crippen LogP contribution in [0.25, 0.3) is 0 Å².